The highest BCUT2D eigenvalue weighted by Crippen LogP contribution is 2.29. The van der Waals surface area contributed by atoms with Crippen molar-refractivity contribution in [2.45, 2.75) is 32.6 Å². The van der Waals surface area contributed by atoms with Gasteiger partial charge in [0.05, 0.1) is 5.56 Å². The van der Waals surface area contributed by atoms with E-state index in [9.17, 15) is 9.59 Å². The van der Waals surface area contributed by atoms with Crippen LogP contribution in [-0.2, 0) is 6.42 Å². The first-order valence-corrected chi connectivity index (χ1v) is 7.43. The van der Waals surface area contributed by atoms with E-state index in [0.29, 0.717) is 13.0 Å². The summed E-state index contributed by atoms with van der Waals surface area (Å²) in [5.74, 6) is -0.931. The molecule has 0 fully saturated rings. The minimum atomic E-state index is -0.931. The van der Waals surface area contributed by atoms with Crippen molar-refractivity contribution in [1.82, 2.24) is 4.90 Å². The number of rotatable bonds is 5. The van der Waals surface area contributed by atoms with Crippen LogP contribution in [-0.4, -0.2) is 42.1 Å². The van der Waals surface area contributed by atoms with E-state index in [1.807, 2.05) is 7.05 Å². The van der Waals surface area contributed by atoms with Crippen molar-refractivity contribution in [3.8, 4) is 0 Å². The number of unbranched alkanes of at least 4 members (excludes halogenated alkanes) is 2. The van der Waals surface area contributed by atoms with Gasteiger partial charge in [-0.25, -0.2) is 9.59 Å². The van der Waals surface area contributed by atoms with Crippen LogP contribution in [0.4, 0.5) is 10.5 Å². The van der Waals surface area contributed by atoms with Gasteiger partial charge in [0.2, 0.25) is 0 Å². The van der Waals surface area contributed by atoms with E-state index < -0.39 is 5.97 Å². The molecular weight excluding hydrogens is 268 g/mol. The Morgan fingerprint density at radius 1 is 1.33 bits per heavy atom. The van der Waals surface area contributed by atoms with E-state index in [-0.39, 0.29) is 11.6 Å². The fraction of sp³-hybridized carbons (Fsp3) is 0.500. The first kappa shape index (κ1) is 15.4. The summed E-state index contributed by atoms with van der Waals surface area (Å²) in [7, 11) is 1.82. The smallest absolute Gasteiger partial charge is 0.335 e. The molecule has 1 aliphatic heterocycles. The van der Waals surface area contributed by atoms with Gasteiger partial charge in [-0.05, 0) is 36.6 Å². The summed E-state index contributed by atoms with van der Waals surface area (Å²) >= 11 is 0. The van der Waals surface area contributed by atoms with Crippen LogP contribution in [0.15, 0.2) is 18.2 Å². The molecule has 0 spiro atoms. The molecule has 0 aliphatic carbocycles. The van der Waals surface area contributed by atoms with Gasteiger partial charge >= 0.3 is 12.0 Å². The molecule has 2 rings (SSSR count). The molecule has 0 radical (unpaired) electrons. The van der Waals surface area contributed by atoms with Crippen LogP contribution in [0.25, 0.3) is 0 Å². The van der Waals surface area contributed by atoms with Crippen LogP contribution in [0.1, 0.15) is 42.1 Å². The number of urea groups is 1. The van der Waals surface area contributed by atoms with Gasteiger partial charge in [-0.2, -0.15) is 0 Å². The average molecular weight is 290 g/mol. The molecule has 1 heterocycles. The van der Waals surface area contributed by atoms with Gasteiger partial charge in [0, 0.05) is 25.8 Å². The van der Waals surface area contributed by atoms with Gasteiger partial charge in [-0.1, -0.05) is 19.8 Å². The molecule has 1 N–H and O–H groups in total. The number of carbonyl (C=O) groups excluding carboxylic acids is 1. The largest absolute Gasteiger partial charge is 0.478 e. The number of carbonyl (C=O) groups is 2. The van der Waals surface area contributed by atoms with Gasteiger partial charge in [-0.3, -0.25) is 4.90 Å². The summed E-state index contributed by atoms with van der Waals surface area (Å²) in [6.07, 6.45) is 3.98. The molecule has 114 valence electrons. The third kappa shape index (κ3) is 3.35. The first-order valence-electron chi connectivity index (χ1n) is 7.43. The fourth-order valence-electron chi connectivity index (χ4n) is 2.63. The zero-order valence-electron chi connectivity index (χ0n) is 12.6. The average Bonchev–Trinajstić information content (AvgIpc) is 2.89. The highest BCUT2D eigenvalue weighted by Gasteiger charge is 2.27. The predicted molar refractivity (Wildman–Crippen MR) is 82.0 cm³/mol. The van der Waals surface area contributed by atoms with Crippen molar-refractivity contribution in [3.05, 3.63) is 29.3 Å². The Balaban J connectivity index is 2.08. The van der Waals surface area contributed by atoms with Crippen LogP contribution in [0.5, 0.6) is 0 Å². The Morgan fingerprint density at radius 3 is 2.76 bits per heavy atom. The Hall–Kier alpha value is -2.04. The van der Waals surface area contributed by atoms with E-state index in [2.05, 4.69) is 6.92 Å². The lowest BCUT2D eigenvalue weighted by atomic mass is 10.1. The van der Waals surface area contributed by atoms with Crippen molar-refractivity contribution < 1.29 is 14.7 Å². The number of nitrogens with zero attached hydrogens (tertiary/aromatic N) is 2. The summed E-state index contributed by atoms with van der Waals surface area (Å²) in [5.41, 5.74) is 2.05. The van der Waals surface area contributed by atoms with Gasteiger partial charge in [-0.15, -0.1) is 0 Å². The van der Waals surface area contributed by atoms with Crippen molar-refractivity contribution in [3.63, 3.8) is 0 Å². The van der Waals surface area contributed by atoms with Crippen LogP contribution in [0.2, 0.25) is 0 Å². The van der Waals surface area contributed by atoms with E-state index >= 15 is 0 Å². The molecule has 0 aromatic heterocycles. The van der Waals surface area contributed by atoms with E-state index in [1.54, 1.807) is 28.0 Å². The molecule has 0 bridgehead atoms. The molecule has 0 unspecified atom stereocenters. The third-order valence-electron chi connectivity index (χ3n) is 3.88. The lowest BCUT2D eigenvalue weighted by Gasteiger charge is -2.25. The lowest BCUT2D eigenvalue weighted by Crippen LogP contribution is -2.40. The van der Waals surface area contributed by atoms with Crippen LogP contribution in [0.3, 0.4) is 0 Å². The van der Waals surface area contributed by atoms with Gasteiger partial charge in [0.15, 0.2) is 0 Å². The molecule has 0 saturated heterocycles. The lowest BCUT2D eigenvalue weighted by molar-refractivity contribution is 0.0697. The molecule has 2 amide bonds. The zero-order chi connectivity index (χ0) is 15.4. The quantitative estimate of drug-likeness (QED) is 0.848. The number of carboxylic acid groups (broad SMARTS) is 1. The second-order valence-electron chi connectivity index (χ2n) is 5.46. The standard InChI is InChI=1S/C16H22N2O3/c1-3-4-5-9-17(2)16(21)18-10-8-12-11-13(15(19)20)6-7-14(12)18/h6-7,11H,3-5,8-10H2,1-2H3,(H,19,20). The summed E-state index contributed by atoms with van der Waals surface area (Å²) in [5, 5.41) is 9.01. The number of anilines is 1. The van der Waals surface area contributed by atoms with E-state index in [1.165, 1.54) is 0 Å². The fourth-order valence-corrected chi connectivity index (χ4v) is 2.63. The van der Waals surface area contributed by atoms with Crippen molar-refractivity contribution >= 4 is 17.7 Å². The minimum Gasteiger partial charge on any atom is -0.478 e. The second kappa shape index (κ2) is 6.61. The molecule has 0 atom stereocenters. The zero-order valence-corrected chi connectivity index (χ0v) is 12.6. The maximum atomic E-state index is 12.5. The Labute approximate surface area is 125 Å². The SMILES string of the molecule is CCCCCN(C)C(=O)N1CCc2cc(C(=O)O)ccc21. The number of amides is 2. The predicted octanol–water partition coefficient (Wildman–Crippen LogP) is 2.99. The number of fused-ring (bicyclic) bond motifs is 1. The van der Waals surface area contributed by atoms with Gasteiger partial charge in [0.1, 0.15) is 0 Å². The van der Waals surface area contributed by atoms with Crippen molar-refractivity contribution in [2.24, 2.45) is 0 Å². The molecule has 5 nitrogen and oxygen atoms in total. The minimum absolute atomic E-state index is 0.00655. The summed E-state index contributed by atoms with van der Waals surface area (Å²) in [6, 6.07) is 4.96. The summed E-state index contributed by atoms with van der Waals surface area (Å²) < 4.78 is 0. The van der Waals surface area contributed by atoms with Crippen molar-refractivity contribution in [1.29, 1.82) is 0 Å². The number of carboxylic acids is 1. The highest BCUT2D eigenvalue weighted by molar-refractivity contribution is 5.95. The number of hydrogen-bond acceptors (Lipinski definition) is 2. The van der Waals surface area contributed by atoms with Crippen LogP contribution < -0.4 is 4.90 Å². The molecular formula is C16H22N2O3. The Morgan fingerprint density at radius 2 is 2.10 bits per heavy atom. The monoisotopic (exact) mass is 290 g/mol. The maximum Gasteiger partial charge on any atom is 0.335 e. The number of benzene rings is 1. The van der Waals surface area contributed by atoms with Gasteiger partial charge in [0.25, 0.3) is 0 Å². The summed E-state index contributed by atoms with van der Waals surface area (Å²) in [6.45, 7) is 3.51. The van der Waals surface area contributed by atoms with E-state index in [0.717, 1.165) is 37.1 Å². The Kier molecular flexibility index (Phi) is 4.83. The number of hydrogen-bond donors (Lipinski definition) is 1. The van der Waals surface area contributed by atoms with Crippen molar-refractivity contribution in [2.75, 3.05) is 25.0 Å². The highest BCUT2D eigenvalue weighted by atomic mass is 16.4. The molecule has 0 saturated carbocycles. The third-order valence-corrected chi connectivity index (χ3v) is 3.88. The molecule has 1 aliphatic rings. The first-order chi connectivity index (χ1) is 10.0. The Bertz CT molecular complexity index is 542. The molecule has 21 heavy (non-hydrogen) atoms. The van der Waals surface area contributed by atoms with Gasteiger partial charge < -0.3 is 10.0 Å². The normalized spacial score (nSPS) is 13.1. The van der Waals surface area contributed by atoms with Crippen LogP contribution >= 0.6 is 0 Å². The molecule has 1 aromatic rings. The summed E-state index contributed by atoms with van der Waals surface area (Å²) in [4.78, 5) is 26.9. The molecule has 5 heteroatoms. The van der Waals surface area contributed by atoms with E-state index in [4.69, 9.17) is 5.11 Å². The van der Waals surface area contributed by atoms with Crippen LogP contribution in [0, 0.1) is 0 Å². The second-order valence-corrected chi connectivity index (χ2v) is 5.46. The topological polar surface area (TPSA) is 60.9 Å². The number of aromatic carboxylic acids is 1. The maximum absolute atomic E-state index is 12.5. The molecule has 1 aromatic carbocycles.